The van der Waals surface area contributed by atoms with Crippen molar-refractivity contribution >= 4 is 17.4 Å². The van der Waals surface area contributed by atoms with Gasteiger partial charge >= 0.3 is 0 Å². The fraction of sp³-hybridized carbons (Fsp3) is 0.545. The maximum Gasteiger partial charge on any atom is 0.144 e. The molecule has 0 aliphatic heterocycles. The van der Waals surface area contributed by atoms with Crippen LogP contribution in [-0.2, 0) is 0 Å². The van der Waals surface area contributed by atoms with E-state index >= 15 is 0 Å². The van der Waals surface area contributed by atoms with Gasteiger partial charge in [0.25, 0.3) is 0 Å². The Morgan fingerprint density at radius 3 is 3.13 bits per heavy atom. The Balaban J connectivity index is 2.05. The minimum absolute atomic E-state index is 0.238. The van der Waals surface area contributed by atoms with Crippen LogP contribution in [0.5, 0.6) is 0 Å². The number of aliphatic hydroxyl groups excluding tert-OH is 1. The molecule has 0 bridgehead atoms. The smallest absolute Gasteiger partial charge is 0.144 e. The number of aliphatic hydroxyl groups is 1. The summed E-state index contributed by atoms with van der Waals surface area (Å²) in [6.07, 6.45) is 5.04. The molecule has 4 heteroatoms. The van der Waals surface area contributed by atoms with Crippen molar-refractivity contribution in [1.82, 2.24) is 4.98 Å². The number of pyridine rings is 1. The van der Waals surface area contributed by atoms with E-state index in [-0.39, 0.29) is 6.61 Å². The van der Waals surface area contributed by atoms with Crippen LogP contribution in [0.3, 0.4) is 0 Å². The van der Waals surface area contributed by atoms with E-state index in [4.69, 9.17) is 11.6 Å². The van der Waals surface area contributed by atoms with Gasteiger partial charge in [0.2, 0.25) is 0 Å². The average molecular weight is 227 g/mol. The molecule has 1 aromatic rings. The summed E-state index contributed by atoms with van der Waals surface area (Å²) < 4.78 is 0. The van der Waals surface area contributed by atoms with Gasteiger partial charge in [0.05, 0.1) is 5.02 Å². The van der Waals surface area contributed by atoms with Crippen molar-refractivity contribution in [3.63, 3.8) is 0 Å². The molecule has 15 heavy (non-hydrogen) atoms. The summed E-state index contributed by atoms with van der Waals surface area (Å²) in [5, 5.41) is 13.1. The largest absolute Gasteiger partial charge is 0.396 e. The molecule has 1 aliphatic carbocycles. The van der Waals surface area contributed by atoms with Crippen molar-refractivity contribution in [3.05, 3.63) is 23.4 Å². The summed E-state index contributed by atoms with van der Waals surface area (Å²) in [5.41, 5.74) is 0. The molecule has 2 N–H and O–H groups in total. The second-order valence-electron chi connectivity index (χ2n) is 3.96. The minimum atomic E-state index is 0.238. The lowest BCUT2D eigenvalue weighted by atomic mass is 10.1. The van der Waals surface area contributed by atoms with Crippen molar-refractivity contribution in [2.24, 2.45) is 5.92 Å². The Bertz CT molecular complexity index is 332. The molecule has 0 radical (unpaired) electrons. The zero-order valence-corrected chi connectivity index (χ0v) is 9.24. The number of aromatic nitrogens is 1. The minimum Gasteiger partial charge on any atom is -0.396 e. The van der Waals surface area contributed by atoms with Crippen LogP contribution >= 0.6 is 11.6 Å². The molecule has 2 unspecified atom stereocenters. The number of rotatable bonds is 3. The first-order valence-corrected chi connectivity index (χ1v) is 5.67. The van der Waals surface area contributed by atoms with Crippen LogP contribution < -0.4 is 5.32 Å². The van der Waals surface area contributed by atoms with Gasteiger partial charge in [-0.15, -0.1) is 0 Å². The SMILES string of the molecule is OCC1CCCC1Nc1ncccc1Cl. The monoisotopic (exact) mass is 226 g/mol. The first kappa shape index (κ1) is 10.7. The van der Waals surface area contributed by atoms with E-state index in [9.17, 15) is 5.11 Å². The Morgan fingerprint density at radius 2 is 2.40 bits per heavy atom. The van der Waals surface area contributed by atoms with Gasteiger partial charge in [-0.2, -0.15) is 0 Å². The first-order valence-electron chi connectivity index (χ1n) is 5.29. The standard InChI is InChI=1S/C11H15ClN2O/c12-9-4-2-6-13-11(9)14-10-5-1-3-8(10)7-15/h2,4,6,8,10,15H,1,3,5,7H2,(H,13,14). The molecule has 1 aromatic heterocycles. The fourth-order valence-electron chi connectivity index (χ4n) is 2.11. The van der Waals surface area contributed by atoms with Crippen molar-refractivity contribution in [3.8, 4) is 0 Å². The molecule has 2 atom stereocenters. The highest BCUT2D eigenvalue weighted by Gasteiger charge is 2.26. The van der Waals surface area contributed by atoms with Gasteiger partial charge in [-0.25, -0.2) is 4.98 Å². The average Bonchev–Trinajstić information content (AvgIpc) is 2.69. The molecule has 0 saturated heterocycles. The Morgan fingerprint density at radius 1 is 1.53 bits per heavy atom. The first-order chi connectivity index (χ1) is 7.31. The zero-order valence-electron chi connectivity index (χ0n) is 8.49. The Labute approximate surface area is 94.5 Å². The quantitative estimate of drug-likeness (QED) is 0.832. The van der Waals surface area contributed by atoms with E-state index in [0.29, 0.717) is 17.0 Å². The lowest BCUT2D eigenvalue weighted by molar-refractivity contribution is 0.222. The molecule has 2 rings (SSSR count). The molecule has 3 nitrogen and oxygen atoms in total. The van der Waals surface area contributed by atoms with Gasteiger partial charge in [-0.3, -0.25) is 0 Å². The normalized spacial score (nSPS) is 25.5. The lowest BCUT2D eigenvalue weighted by Crippen LogP contribution is -2.26. The fourth-order valence-corrected chi connectivity index (χ4v) is 2.29. The predicted octanol–water partition coefficient (Wildman–Crippen LogP) is 2.31. The van der Waals surface area contributed by atoms with Gasteiger partial charge in [0, 0.05) is 24.8 Å². The summed E-state index contributed by atoms with van der Waals surface area (Å²) in [5.74, 6) is 1.06. The molecule has 1 aliphatic rings. The maximum absolute atomic E-state index is 9.19. The summed E-state index contributed by atoms with van der Waals surface area (Å²) in [4.78, 5) is 4.19. The summed E-state index contributed by atoms with van der Waals surface area (Å²) in [6, 6.07) is 3.94. The highest BCUT2D eigenvalue weighted by molar-refractivity contribution is 6.32. The number of hydrogen-bond acceptors (Lipinski definition) is 3. The third-order valence-corrected chi connectivity index (χ3v) is 3.28. The van der Waals surface area contributed by atoms with Crippen LogP contribution in [0.2, 0.25) is 5.02 Å². The van der Waals surface area contributed by atoms with Gasteiger partial charge in [-0.05, 0) is 25.0 Å². The van der Waals surface area contributed by atoms with Crippen LogP contribution in [0.4, 0.5) is 5.82 Å². The molecule has 1 fully saturated rings. The number of halogens is 1. The van der Waals surface area contributed by atoms with Gasteiger partial charge in [0.1, 0.15) is 5.82 Å². The second-order valence-corrected chi connectivity index (χ2v) is 4.37. The summed E-state index contributed by atoms with van der Waals surface area (Å²) >= 11 is 6.01. The van der Waals surface area contributed by atoms with E-state index in [0.717, 1.165) is 25.1 Å². The Hall–Kier alpha value is -0.800. The van der Waals surface area contributed by atoms with Crippen molar-refractivity contribution in [2.45, 2.75) is 25.3 Å². The number of nitrogens with one attached hydrogen (secondary N) is 1. The molecule has 0 amide bonds. The second kappa shape index (κ2) is 4.81. The molecule has 1 heterocycles. The lowest BCUT2D eigenvalue weighted by Gasteiger charge is -2.19. The van der Waals surface area contributed by atoms with E-state index < -0.39 is 0 Å². The molecule has 0 spiro atoms. The van der Waals surface area contributed by atoms with Gasteiger partial charge < -0.3 is 10.4 Å². The number of nitrogens with zero attached hydrogens (tertiary/aromatic N) is 1. The molecular weight excluding hydrogens is 212 g/mol. The van der Waals surface area contributed by atoms with Crippen LogP contribution in [0, 0.1) is 5.92 Å². The highest BCUT2D eigenvalue weighted by Crippen LogP contribution is 2.29. The van der Waals surface area contributed by atoms with Crippen molar-refractivity contribution in [1.29, 1.82) is 0 Å². The van der Waals surface area contributed by atoms with Crippen LogP contribution in [0.15, 0.2) is 18.3 Å². The molecule has 0 aromatic carbocycles. The third kappa shape index (κ3) is 2.41. The van der Waals surface area contributed by atoms with Crippen molar-refractivity contribution in [2.75, 3.05) is 11.9 Å². The third-order valence-electron chi connectivity index (χ3n) is 2.97. The van der Waals surface area contributed by atoms with Crippen LogP contribution in [0.25, 0.3) is 0 Å². The maximum atomic E-state index is 9.19. The topological polar surface area (TPSA) is 45.1 Å². The molecular formula is C11H15ClN2O. The van der Waals surface area contributed by atoms with E-state index in [1.807, 2.05) is 12.1 Å². The predicted molar refractivity (Wildman–Crippen MR) is 61.1 cm³/mol. The zero-order chi connectivity index (χ0) is 10.7. The molecule has 1 saturated carbocycles. The number of hydrogen-bond donors (Lipinski definition) is 2. The number of anilines is 1. The van der Waals surface area contributed by atoms with Crippen LogP contribution in [0.1, 0.15) is 19.3 Å². The Kier molecular flexibility index (Phi) is 3.44. The highest BCUT2D eigenvalue weighted by atomic mass is 35.5. The van der Waals surface area contributed by atoms with Gasteiger partial charge in [0.15, 0.2) is 0 Å². The van der Waals surface area contributed by atoms with Gasteiger partial charge in [-0.1, -0.05) is 18.0 Å². The summed E-state index contributed by atoms with van der Waals surface area (Å²) in [7, 11) is 0. The van der Waals surface area contributed by atoms with E-state index in [1.54, 1.807) is 6.20 Å². The molecule has 82 valence electrons. The van der Waals surface area contributed by atoms with Crippen molar-refractivity contribution < 1.29 is 5.11 Å². The summed E-state index contributed by atoms with van der Waals surface area (Å²) in [6.45, 7) is 0.238. The van der Waals surface area contributed by atoms with Crippen LogP contribution in [-0.4, -0.2) is 22.7 Å². The van der Waals surface area contributed by atoms with E-state index in [1.165, 1.54) is 0 Å². The van der Waals surface area contributed by atoms with E-state index in [2.05, 4.69) is 10.3 Å².